The van der Waals surface area contributed by atoms with Crippen molar-refractivity contribution in [2.24, 2.45) is 7.05 Å². The van der Waals surface area contributed by atoms with Gasteiger partial charge in [0.05, 0.1) is 12.2 Å². The SMILES string of the molecule is Cn1cc(-c2cc3c(cc2C(F)F)N(c2nn(C4CCN(C(=O)OCc5ccccc5)CC4)c4c2CNCC4)CCC3)cn1. The van der Waals surface area contributed by atoms with E-state index in [0.29, 0.717) is 30.8 Å². The van der Waals surface area contributed by atoms with Crippen LogP contribution in [0, 0.1) is 0 Å². The average Bonchev–Trinajstić information content (AvgIpc) is 3.67. The number of fused-ring (bicyclic) bond motifs is 2. The van der Waals surface area contributed by atoms with Gasteiger partial charge in [-0.1, -0.05) is 30.3 Å². The van der Waals surface area contributed by atoms with E-state index in [1.807, 2.05) is 36.4 Å². The second kappa shape index (κ2) is 12.0. The van der Waals surface area contributed by atoms with Crippen molar-refractivity contribution in [1.82, 2.24) is 29.8 Å². The Balaban J connectivity index is 1.14. The lowest BCUT2D eigenvalue weighted by Crippen LogP contribution is -2.40. The molecule has 0 saturated carbocycles. The number of ether oxygens (including phenoxy) is 1. The third kappa shape index (κ3) is 5.45. The van der Waals surface area contributed by atoms with Crippen molar-refractivity contribution in [2.45, 2.75) is 57.7 Å². The first-order chi connectivity index (χ1) is 21.5. The molecule has 9 nitrogen and oxygen atoms in total. The van der Waals surface area contributed by atoms with Crippen LogP contribution < -0.4 is 10.2 Å². The standard InChI is InChI=1S/C33H37F2N7O2/c1-39-20-24(18-37-39)26-16-23-8-5-13-41(30(23)17-27(26)31(34)35)32-28-19-36-12-9-29(28)42(38-32)25-10-14-40(15-11-25)33(43)44-21-22-6-3-2-4-7-22/h2-4,6-7,16-18,20,25,31,36H,5,8-15,19,21H2,1H3. The van der Waals surface area contributed by atoms with Gasteiger partial charge in [-0.3, -0.25) is 9.36 Å². The first-order valence-electron chi connectivity index (χ1n) is 15.4. The minimum Gasteiger partial charge on any atom is -0.445 e. The highest BCUT2D eigenvalue weighted by molar-refractivity contribution is 5.77. The molecule has 0 aliphatic carbocycles. The first kappa shape index (κ1) is 28.5. The Hall–Kier alpha value is -4.25. The minimum absolute atomic E-state index is 0.0154. The number of rotatable bonds is 6. The smallest absolute Gasteiger partial charge is 0.410 e. The van der Waals surface area contributed by atoms with Crippen LogP contribution >= 0.6 is 0 Å². The molecule has 5 heterocycles. The Bertz CT molecular complexity index is 1640. The average molecular weight is 602 g/mol. The van der Waals surface area contributed by atoms with E-state index in [1.54, 1.807) is 35.1 Å². The van der Waals surface area contributed by atoms with Crippen LogP contribution in [-0.2, 0) is 37.8 Å². The topological polar surface area (TPSA) is 80.5 Å². The number of aromatic nitrogens is 4. The van der Waals surface area contributed by atoms with Gasteiger partial charge in [-0.15, -0.1) is 0 Å². The van der Waals surface area contributed by atoms with Crippen molar-refractivity contribution in [2.75, 3.05) is 31.1 Å². The van der Waals surface area contributed by atoms with Gasteiger partial charge in [-0.05, 0) is 54.5 Å². The molecule has 44 heavy (non-hydrogen) atoms. The molecule has 4 aromatic rings. The summed E-state index contributed by atoms with van der Waals surface area (Å²) in [5.41, 5.74) is 6.43. The lowest BCUT2D eigenvalue weighted by molar-refractivity contribution is 0.0818. The quantitative estimate of drug-likeness (QED) is 0.295. The lowest BCUT2D eigenvalue weighted by Gasteiger charge is -2.32. The zero-order chi connectivity index (χ0) is 30.2. The first-order valence-corrected chi connectivity index (χ1v) is 15.4. The maximum absolute atomic E-state index is 14.5. The summed E-state index contributed by atoms with van der Waals surface area (Å²) in [5, 5.41) is 12.9. The number of piperidine rings is 1. The molecule has 1 amide bonds. The van der Waals surface area contributed by atoms with E-state index in [9.17, 15) is 13.6 Å². The predicted molar refractivity (Wildman–Crippen MR) is 163 cm³/mol. The number of hydrogen-bond acceptors (Lipinski definition) is 6. The monoisotopic (exact) mass is 601 g/mol. The number of hydrogen-bond donors (Lipinski definition) is 1. The zero-order valence-corrected chi connectivity index (χ0v) is 24.9. The molecule has 11 heteroatoms. The fourth-order valence-corrected chi connectivity index (χ4v) is 6.84. The van der Waals surface area contributed by atoms with Gasteiger partial charge < -0.3 is 19.9 Å². The Morgan fingerprint density at radius 1 is 1.11 bits per heavy atom. The maximum atomic E-state index is 14.5. The van der Waals surface area contributed by atoms with Crippen LogP contribution in [0.1, 0.15) is 59.7 Å². The van der Waals surface area contributed by atoms with Gasteiger partial charge in [0.25, 0.3) is 6.43 Å². The third-order valence-corrected chi connectivity index (χ3v) is 9.09. The van der Waals surface area contributed by atoms with Crippen molar-refractivity contribution in [3.05, 3.63) is 82.8 Å². The Morgan fingerprint density at radius 2 is 1.93 bits per heavy atom. The summed E-state index contributed by atoms with van der Waals surface area (Å²) in [6.07, 6.45) is 4.67. The van der Waals surface area contributed by atoms with Crippen LogP contribution in [0.4, 0.5) is 25.1 Å². The molecule has 0 atom stereocenters. The molecule has 7 rings (SSSR count). The van der Waals surface area contributed by atoms with Gasteiger partial charge in [0, 0.05) is 80.5 Å². The molecular formula is C33H37F2N7O2. The van der Waals surface area contributed by atoms with Gasteiger partial charge in [-0.2, -0.15) is 10.2 Å². The largest absolute Gasteiger partial charge is 0.445 e. The number of nitrogens with zero attached hydrogens (tertiary/aromatic N) is 6. The van der Waals surface area contributed by atoms with Crippen molar-refractivity contribution >= 4 is 17.6 Å². The van der Waals surface area contributed by atoms with Gasteiger partial charge >= 0.3 is 6.09 Å². The number of nitrogens with one attached hydrogen (secondary N) is 1. The molecule has 2 aromatic heterocycles. The van der Waals surface area contributed by atoms with Crippen molar-refractivity contribution in [1.29, 1.82) is 0 Å². The highest BCUT2D eigenvalue weighted by Crippen LogP contribution is 2.43. The third-order valence-electron chi connectivity index (χ3n) is 9.09. The fourth-order valence-electron chi connectivity index (χ4n) is 6.84. The van der Waals surface area contributed by atoms with E-state index in [4.69, 9.17) is 9.84 Å². The second-order valence-corrected chi connectivity index (χ2v) is 11.9. The summed E-state index contributed by atoms with van der Waals surface area (Å²) >= 11 is 0. The molecule has 2 aromatic carbocycles. The lowest BCUT2D eigenvalue weighted by atomic mass is 9.93. The summed E-state index contributed by atoms with van der Waals surface area (Å²) in [7, 11) is 1.79. The Morgan fingerprint density at radius 3 is 2.68 bits per heavy atom. The van der Waals surface area contributed by atoms with Crippen LogP contribution in [0.25, 0.3) is 11.1 Å². The molecule has 0 radical (unpaired) electrons. The van der Waals surface area contributed by atoms with E-state index in [-0.39, 0.29) is 24.3 Å². The molecule has 3 aliphatic rings. The van der Waals surface area contributed by atoms with E-state index in [2.05, 4.69) is 20.0 Å². The molecule has 0 bridgehead atoms. The number of amides is 1. The predicted octanol–water partition coefficient (Wildman–Crippen LogP) is 5.92. The molecule has 230 valence electrons. The maximum Gasteiger partial charge on any atom is 0.410 e. The number of aryl methyl sites for hydroxylation is 2. The van der Waals surface area contributed by atoms with Crippen LogP contribution in [0.5, 0.6) is 0 Å². The van der Waals surface area contributed by atoms with Gasteiger partial charge in [-0.25, -0.2) is 13.6 Å². The van der Waals surface area contributed by atoms with Crippen molar-refractivity contribution < 1.29 is 18.3 Å². The van der Waals surface area contributed by atoms with E-state index in [1.165, 1.54) is 5.69 Å². The van der Waals surface area contributed by atoms with Gasteiger partial charge in [0.2, 0.25) is 0 Å². The number of carbonyl (C=O) groups excluding carboxylic acids is 1. The van der Waals surface area contributed by atoms with Crippen LogP contribution in [0.2, 0.25) is 0 Å². The number of anilines is 2. The summed E-state index contributed by atoms with van der Waals surface area (Å²) in [6.45, 7) is 3.73. The van der Waals surface area contributed by atoms with Crippen LogP contribution in [0.3, 0.4) is 0 Å². The number of benzene rings is 2. The van der Waals surface area contributed by atoms with E-state index in [0.717, 1.165) is 73.4 Å². The van der Waals surface area contributed by atoms with Crippen molar-refractivity contribution in [3.63, 3.8) is 0 Å². The number of carbonyl (C=O) groups is 1. The van der Waals surface area contributed by atoms with Gasteiger partial charge in [0.1, 0.15) is 6.61 Å². The highest BCUT2D eigenvalue weighted by Gasteiger charge is 2.33. The fraction of sp³-hybridized carbons (Fsp3) is 0.424. The number of alkyl halides is 2. The Kier molecular flexibility index (Phi) is 7.80. The zero-order valence-electron chi connectivity index (χ0n) is 24.9. The molecule has 1 saturated heterocycles. The van der Waals surface area contributed by atoms with Crippen LogP contribution in [0.15, 0.2) is 54.9 Å². The minimum atomic E-state index is -2.61. The summed E-state index contributed by atoms with van der Waals surface area (Å²) < 4.78 is 38.3. The molecule has 3 aliphatic heterocycles. The molecular weight excluding hydrogens is 564 g/mol. The van der Waals surface area contributed by atoms with Crippen LogP contribution in [-0.4, -0.2) is 56.7 Å². The molecule has 1 N–H and O–H groups in total. The molecule has 0 spiro atoms. The normalized spacial score (nSPS) is 17.1. The summed E-state index contributed by atoms with van der Waals surface area (Å²) in [5.74, 6) is 0.854. The van der Waals surface area contributed by atoms with E-state index >= 15 is 0 Å². The summed E-state index contributed by atoms with van der Waals surface area (Å²) in [6, 6.07) is 13.4. The number of likely N-dealkylation sites (tertiary alicyclic amines) is 1. The Labute approximate surface area is 255 Å². The molecule has 0 unspecified atom stereocenters. The van der Waals surface area contributed by atoms with Gasteiger partial charge in [0.15, 0.2) is 5.82 Å². The van der Waals surface area contributed by atoms with E-state index < -0.39 is 6.43 Å². The highest BCUT2D eigenvalue weighted by atomic mass is 19.3. The van der Waals surface area contributed by atoms with Crippen molar-refractivity contribution in [3.8, 4) is 11.1 Å². The second-order valence-electron chi connectivity index (χ2n) is 11.9. The number of halogens is 2. The molecule has 1 fully saturated rings. The summed E-state index contributed by atoms with van der Waals surface area (Å²) in [4.78, 5) is 16.7.